The molecule has 5 nitrogen and oxygen atoms in total. The fourth-order valence-electron chi connectivity index (χ4n) is 2.41. The van der Waals surface area contributed by atoms with Gasteiger partial charge in [-0.1, -0.05) is 17.5 Å². The van der Waals surface area contributed by atoms with Gasteiger partial charge in [-0.25, -0.2) is 4.98 Å². The van der Waals surface area contributed by atoms with Crippen LogP contribution in [0.5, 0.6) is 0 Å². The van der Waals surface area contributed by atoms with Crippen LogP contribution in [0.2, 0.25) is 0 Å². The molecule has 0 spiro atoms. The maximum atomic E-state index is 5.71. The molecule has 1 aromatic carbocycles. The maximum absolute atomic E-state index is 5.71. The molecule has 0 aliphatic carbocycles. The Kier molecular flexibility index (Phi) is 3.50. The Morgan fingerprint density at radius 2 is 2.15 bits per heavy atom. The summed E-state index contributed by atoms with van der Waals surface area (Å²) in [7, 11) is 0. The predicted octanol–water partition coefficient (Wildman–Crippen LogP) is 2.60. The number of rotatable bonds is 4. The minimum absolute atomic E-state index is 0.534. The summed E-state index contributed by atoms with van der Waals surface area (Å²) in [6.45, 7) is 5.62. The van der Waals surface area contributed by atoms with Gasteiger partial charge in [0.2, 0.25) is 0 Å². The van der Waals surface area contributed by atoms with Crippen molar-refractivity contribution in [2.24, 2.45) is 5.73 Å². The molecule has 0 amide bonds. The molecule has 0 unspecified atom stereocenters. The molecule has 2 N–H and O–H groups in total. The summed E-state index contributed by atoms with van der Waals surface area (Å²) in [6, 6.07) is 6.22. The minimum atomic E-state index is 0.534. The third-order valence-corrected chi connectivity index (χ3v) is 4.22. The maximum Gasteiger partial charge on any atom is 0.154 e. The van der Waals surface area contributed by atoms with Gasteiger partial charge in [-0.3, -0.25) is 0 Å². The SMILES string of the molecule is CCc1nnsc1-c1nc2cc(CN)ccc2n1CC. The van der Waals surface area contributed by atoms with E-state index < -0.39 is 0 Å². The van der Waals surface area contributed by atoms with Crippen LogP contribution in [0.1, 0.15) is 25.1 Å². The summed E-state index contributed by atoms with van der Waals surface area (Å²) in [6.07, 6.45) is 0.868. The van der Waals surface area contributed by atoms with Gasteiger partial charge in [0.25, 0.3) is 0 Å². The topological polar surface area (TPSA) is 69.6 Å². The highest BCUT2D eigenvalue weighted by atomic mass is 32.1. The van der Waals surface area contributed by atoms with E-state index in [1.54, 1.807) is 0 Å². The molecule has 0 saturated carbocycles. The Bertz CT molecular complexity index is 743. The lowest BCUT2D eigenvalue weighted by atomic mass is 10.2. The van der Waals surface area contributed by atoms with Gasteiger partial charge in [-0.2, -0.15) is 0 Å². The van der Waals surface area contributed by atoms with Crippen LogP contribution in [-0.2, 0) is 19.5 Å². The molecular weight excluding hydrogens is 270 g/mol. The first-order valence-electron chi connectivity index (χ1n) is 6.79. The number of nitrogens with zero attached hydrogens (tertiary/aromatic N) is 4. The quantitative estimate of drug-likeness (QED) is 0.800. The number of hydrogen-bond donors (Lipinski definition) is 1. The van der Waals surface area contributed by atoms with Crippen molar-refractivity contribution in [1.29, 1.82) is 0 Å². The lowest BCUT2D eigenvalue weighted by Crippen LogP contribution is -1.98. The number of imidazole rings is 1. The lowest BCUT2D eigenvalue weighted by Gasteiger charge is -2.04. The first-order valence-corrected chi connectivity index (χ1v) is 7.56. The Labute approximate surface area is 121 Å². The number of aryl methyl sites for hydroxylation is 2. The van der Waals surface area contributed by atoms with Crippen LogP contribution in [0.4, 0.5) is 0 Å². The summed E-state index contributed by atoms with van der Waals surface area (Å²) in [5.41, 5.74) is 9.94. The van der Waals surface area contributed by atoms with E-state index in [-0.39, 0.29) is 0 Å². The van der Waals surface area contributed by atoms with E-state index in [0.717, 1.165) is 46.0 Å². The molecule has 3 rings (SSSR count). The standard InChI is InChI=1S/C14H17N5S/c1-3-10-13(20-18-17-10)14-16-11-7-9(8-15)5-6-12(11)19(14)4-2/h5-7H,3-4,8,15H2,1-2H3. The number of hydrogen-bond acceptors (Lipinski definition) is 5. The molecule has 2 aromatic heterocycles. The Hall–Kier alpha value is -1.79. The zero-order valence-corrected chi connectivity index (χ0v) is 12.4. The average Bonchev–Trinajstić information content (AvgIpc) is 3.09. The predicted molar refractivity (Wildman–Crippen MR) is 81.6 cm³/mol. The van der Waals surface area contributed by atoms with Crippen molar-refractivity contribution >= 4 is 22.6 Å². The molecule has 3 aromatic rings. The number of fused-ring (bicyclic) bond motifs is 1. The average molecular weight is 287 g/mol. The molecule has 0 atom stereocenters. The zero-order chi connectivity index (χ0) is 14.1. The Balaban J connectivity index is 2.25. The van der Waals surface area contributed by atoms with Crippen LogP contribution < -0.4 is 5.73 Å². The molecule has 104 valence electrons. The molecule has 2 heterocycles. The summed E-state index contributed by atoms with van der Waals surface area (Å²) >= 11 is 1.41. The third kappa shape index (κ3) is 2.01. The second-order valence-electron chi connectivity index (χ2n) is 4.61. The molecule has 0 radical (unpaired) electrons. The van der Waals surface area contributed by atoms with Gasteiger partial charge in [0, 0.05) is 13.1 Å². The number of aromatic nitrogens is 4. The zero-order valence-electron chi connectivity index (χ0n) is 11.6. The van der Waals surface area contributed by atoms with E-state index in [4.69, 9.17) is 10.7 Å². The van der Waals surface area contributed by atoms with Crippen molar-refractivity contribution in [3.63, 3.8) is 0 Å². The van der Waals surface area contributed by atoms with Gasteiger partial charge >= 0.3 is 0 Å². The largest absolute Gasteiger partial charge is 0.326 e. The second-order valence-corrected chi connectivity index (χ2v) is 5.36. The highest BCUT2D eigenvalue weighted by Crippen LogP contribution is 2.29. The summed E-state index contributed by atoms with van der Waals surface area (Å²) < 4.78 is 6.28. The van der Waals surface area contributed by atoms with E-state index in [1.165, 1.54) is 11.5 Å². The molecule has 20 heavy (non-hydrogen) atoms. The van der Waals surface area contributed by atoms with Gasteiger partial charge in [0.1, 0.15) is 4.88 Å². The van der Waals surface area contributed by atoms with E-state index >= 15 is 0 Å². The van der Waals surface area contributed by atoms with Crippen LogP contribution in [0.3, 0.4) is 0 Å². The molecule has 0 aliphatic heterocycles. The Morgan fingerprint density at radius 3 is 2.85 bits per heavy atom. The van der Waals surface area contributed by atoms with E-state index in [0.29, 0.717) is 6.54 Å². The highest BCUT2D eigenvalue weighted by molar-refractivity contribution is 7.09. The Morgan fingerprint density at radius 1 is 1.30 bits per heavy atom. The van der Waals surface area contributed by atoms with E-state index in [2.05, 4.69) is 46.2 Å². The van der Waals surface area contributed by atoms with Crippen molar-refractivity contribution in [1.82, 2.24) is 19.1 Å². The van der Waals surface area contributed by atoms with Crippen LogP contribution in [0, 0.1) is 0 Å². The molecular formula is C14H17N5S. The minimum Gasteiger partial charge on any atom is -0.326 e. The van der Waals surface area contributed by atoms with Crippen molar-refractivity contribution in [3.8, 4) is 10.7 Å². The van der Waals surface area contributed by atoms with Crippen molar-refractivity contribution in [2.75, 3.05) is 0 Å². The smallest absolute Gasteiger partial charge is 0.154 e. The molecule has 6 heteroatoms. The first-order chi connectivity index (χ1) is 9.78. The normalized spacial score (nSPS) is 11.3. The van der Waals surface area contributed by atoms with Crippen LogP contribution in [0.25, 0.3) is 21.7 Å². The van der Waals surface area contributed by atoms with Gasteiger partial charge in [-0.15, -0.1) is 5.10 Å². The fraction of sp³-hybridized carbons (Fsp3) is 0.357. The van der Waals surface area contributed by atoms with Crippen LogP contribution in [0.15, 0.2) is 18.2 Å². The highest BCUT2D eigenvalue weighted by Gasteiger charge is 2.17. The van der Waals surface area contributed by atoms with Gasteiger partial charge in [0.05, 0.1) is 16.7 Å². The van der Waals surface area contributed by atoms with Crippen molar-refractivity contribution in [2.45, 2.75) is 33.4 Å². The van der Waals surface area contributed by atoms with Crippen LogP contribution >= 0.6 is 11.5 Å². The van der Waals surface area contributed by atoms with E-state index in [1.807, 2.05) is 0 Å². The molecule has 0 aliphatic rings. The summed E-state index contributed by atoms with van der Waals surface area (Å²) in [4.78, 5) is 5.85. The molecule has 0 fully saturated rings. The summed E-state index contributed by atoms with van der Waals surface area (Å²) in [5, 5.41) is 4.19. The second kappa shape index (κ2) is 5.30. The van der Waals surface area contributed by atoms with Crippen molar-refractivity contribution < 1.29 is 0 Å². The third-order valence-electron chi connectivity index (χ3n) is 3.46. The first kappa shape index (κ1) is 13.2. The lowest BCUT2D eigenvalue weighted by molar-refractivity contribution is 0.796. The van der Waals surface area contributed by atoms with Crippen molar-refractivity contribution in [3.05, 3.63) is 29.5 Å². The molecule has 0 saturated heterocycles. The summed E-state index contributed by atoms with van der Waals surface area (Å²) in [5.74, 6) is 0.962. The number of benzene rings is 1. The monoisotopic (exact) mass is 287 g/mol. The van der Waals surface area contributed by atoms with Gasteiger partial charge < -0.3 is 10.3 Å². The molecule has 0 bridgehead atoms. The van der Waals surface area contributed by atoms with E-state index in [9.17, 15) is 0 Å². The fourth-order valence-corrected chi connectivity index (χ4v) is 3.15. The number of nitrogens with two attached hydrogens (primary N) is 1. The van der Waals surface area contributed by atoms with Crippen LogP contribution in [-0.4, -0.2) is 19.1 Å². The van der Waals surface area contributed by atoms with Gasteiger partial charge in [-0.05, 0) is 42.6 Å². The van der Waals surface area contributed by atoms with Gasteiger partial charge in [0.15, 0.2) is 5.82 Å².